The van der Waals surface area contributed by atoms with E-state index in [4.69, 9.17) is 10.5 Å². The molecule has 130 valence electrons. The third-order valence-electron chi connectivity index (χ3n) is 3.36. The Morgan fingerprint density at radius 1 is 1.38 bits per heavy atom. The molecule has 0 aliphatic carbocycles. The second kappa shape index (κ2) is 8.07. The van der Waals surface area contributed by atoms with Crippen molar-refractivity contribution < 1.29 is 14.3 Å². The lowest BCUT2D eigenvalue weighted by molar-refractivity contribution is -0.125. The summed E-state index contributed by atoms with van der Waals surface area (Å²) < 4.78 is 6.36. The average molecular weight is 350 g/mol. The molecular weight excluding hydrogens is 328 g/mol. The summed E-state index contributed by atoms with van der Waals surface area (Å²) in [5.41, 5.74) is 6.50. The van der Waals surface area contributed by atoms with Gasteiger partial charge in [0.05, 0.1) is 29.4 Å². The molecule has 1 atom stereocenters. The second-order valence-corrected chi connectivity index (χ2v) is 6.65. The Bertz CT molecular complexity index is 729. The zero-order valence-corrected chi connectivity index (χ0v) is 14.8. The van der Waals surface area contributed by atoms with Gasteiger partial charge in [0.15, 0.2) is 5.13 Å². The van der Waals surface area contributed by atoms with E-state index < -0.39 is 6.04 Å². The Morgan fingerprint density at radius 2 is 2.12 bits per heavy atom. The van der Waals surface area contributed by atoms with E-state index in [-0.39, 0.29) is 24.3 Å². The van der Waals surface area contributed by atoms with Crippen molar-refractivity contribution in [3.05, 3.63) is 18.2 Å². The minimum atomic E-state index is -0.628. The maximum absolute atomic E-state index is 11.9. The van der Waals surface area contributed by atoms with E-state index in [9.17, 15) is 9.59 Å². The monoisotopic (exact) mass is 350 g/mol. The Morgan fingerprint density at radius 3 is 2.79 bits per heavy atom. The quantitative estimate of drug-likeness (QED) is 0.705. The first-order chi connectivity index (χ1) is 11.4. The van der Waals surface area contributed by atoms with E-state index in [2.05, 4.69) is 15.6 Å². The molecule has 2 amide bonds. The third-order valence-corrected chi connectivity index (χ3v) is 4.30. The van der Waals surface area contributed by atoms with Crippen LogP contribution in [0.3, 0.4) is 0 Å². The van der Waals surface area contributed by atoms with Crippen molar-refractivity contribution in [3.63, 3.8) is 0 Å². The van der Waals surface area contributed by atoms with Crippen LogP contribution >= 0.6 is 11.3 Å². The van der Waals surface area contributed by atoms with Crippen LogP contribution in [0.1, 0.15) is 20.8 Å². The molecule has 0 unspecified atom stereocenters. The fraction of sp³-hybridized carbons (Fsp3) is 0.438. The topological polar surface area (TPSA) is 106 Å². The van der Waals surface area contributed by atoms with Gasteiger partial charge in [-0.15, -0.1) is 0 Å². The maximum atomic E-state index is 11.9. The first kappa shape index (κ1) is 18.2. The molecule has 2 aromatic rings. The number of nitrogens with two attached hydrogens (primary N) is 1. The van der Waals surface area contributed by atoms with Crippen LogP contribution in [0.25, 0.3) is 10.2 Å². The van der Waals surface area contributed by atoms with Gasteiger partial charge in [0.1, 0.15) is 5.75 Å². The van der Waals surface area contributed by atoms with Gasteiger partial charge in [-0.1, -0.05) is 25.2 Å². The number of rotatable bonds is 7. The van der Waals surface area contributed by atoms with E-state index in [0.717, 1.165) is 16.0 Å². The van der Waals surface area contributed by atoms with Crippen molar-refractivity contribution in [2.24, 2.45) is 11.7 Å². The molecule has 0 aliphatic rings. The van der Waals surface area contributed by atoms with Crippen molar-refractivity contribution in [3.8, 4) is 5.75 Å². The highest BCUT2D eigenvalue weighted by Gasteiger charge is 2.18. The van der Waals surface area contributed by atoms with Crippen LogP contribution in [-0.4, -0.2) is 36.0 Å². The molecule has 0 saturated carbocycles. The van der Waals surface area contributed by atoms with Crippen molar-refractivity contribution in [1.29, 1.82) is 0 Å². The molecule has 0 aliphatic heterocycles. The molecule has 2 rings (SSSR count). The number of aromatic nitrogens is 1. The summed E-state index contributed by atoms with van der Waals surface area (Å²) in [6.45, 7) is 6.07. The lowest BCUT2D eigenvalue weighted by Crippen LogP contribution is -2.46. The third kappa shape index (κ3) is 4.65. The number of anilines is 1. The van der Waals surface area contributed by atoms with Crippen LogP contribution < -0.4 is 21.1 Å². The first-order valence-electron chi connectivity index (χ1n) is 7.77. The molecule has 0 radical (unpaired) electrons. The van der Waals surface area contributed by atoms with Gasteiger partial charge in [-0.05, 0) is 31.0 Å². The number of nitrogens with zero attached hydrogens (tertiary/aromatic N) is 1. The number of carbonyl (C=O) groups is 2. The highest BCUT2D eigenvalue weighted by molar-refractivity contribution is 7.22. The number of thiazole rings is 1. The summed E-state index contributed by atoms with van der Waals surface area (Å²) >= 11 is 1.35. The molecule has 0 spiro atoms. The minimum absolute atomic E-state index is 0.0110. The zero-order valence-electron chi connectivity index (χ0n) is 14.0. The standard InChI is InChI=1S/C16H22N4O3S/c1-4-23-10-5-6-11-12(7-10)24-16(19-11)20-13(21)8-18-15(22)14(17)9(2)3/h5-7,9,14H,4,8,17H2,1-3H3,(H,18,22)(H,19,20,21)/t14-/m0/s1. The Labute approximate surface area is 144 Å². The highest BCUT2D eigenvalue weighted by Crippen LogP contribution is 2.29. The molecule has 1 aromatic carbocycles. The van der Waals surface area contributed by atoms with E-state index >= 15 is 0 Å². The van der Waals surface area contributed by atoms with Gasteiger partial charge in [0, 0.05) is 0 Å². The number of carbonyl (C=O) groups excluding carboxylic acids is 2. The van der Waals surface area contributed by atoms with Gasteiger partial charge in [-0.3, -0.25) is 9.59 Å². The van der Waals surface area contributed by atoms with Gasteiger partial charge < -0.3 is 21.1 Å². The summed E-state index contributed by atoms with van der Waals surface area (Å²) in [6.07, 6.45) is 0. The van der Waals surface area contributed by atoms with Crippen molar-refractivity contribution in [1.82, 2.24) is 10.3 Å². The number of fused-ring (bicyclic) bond motifs is 1. The SMILES string of the molecule is CCOc1ccc2nc(NC(=O)CNC(=O)[C@@H](N)C(C)C)sc2c1. The number of benzene rings is 1. The van der Waals surface area contributed by atoms with E-state index in [1.54, 1.807) is 0 Å². The fourth-order valence-electron chi connectivity index (χ4n) is 1.97. The summed E-state index contributed by atoms with van der Waals surface area (Å²) in [6, 6.07) is 4.94. The van der Waals surface area contributed by atoms with Crippen molar-refractivity contribution >= 4 is 38.5 Å². The molecule has 0 saturated heterocycles. The number of hydrogen-bond donors (Lipinski definition) is 3. The van der Waals surface area contributed by atoms with Gasteiger partial charge >= 0.3 is 0 Å². The molecular formula is C16H22N4O3S. The summed E-state index contributed by atoms with van der Waals surface area (Å²) in [4.78, 5) is 28.0. The Kier molecular flexibility index (Phi) is 6.10. The number of ether oxygens (including phenoxy) is 1. The molecule has 8 heteroatoms. The minimum Gasteiger partial charge on any atom is -0.494 e. The van der Waals surface area contributed by atoms with E-state index in [1.165, 1.54) is 11.3 Å². The van der Waals surface area contributed by atoms with Crippen LogP contribution in [0, 0.1) is 5.92 Å². The molecule has 0 fully saturated rings. The molecule has 1 heterocycles. The summed E-state index contributed by atoms with van der Waals surface area (Å²) in [7, 11) is 0. The molecule has 0 bridgehead atoms. The highest BCUT2D eigenvalue weighted by atomic mass is 32.1. The van der Waals surface area contributed by atoms with Crippen LogP contribution in [0.15, 0.2) is 18.2 Å². The van der Waals surface area contributed by atoms with Gasteiger partial charge in [0.2, 0.25) is 11.8 Å². The van der Waals surface area contributed by atoms with Crippen molar-refractivity contribution in [2.45, 2.75) is 26.8 Å². The molecule has 7 nitrogen and oxygen atoms in total. The van der Waals surface area contributed by atoms with E-state index in [0.29, 0.717) is 11.7 Å². The Hall–Kier alpha value is -2.19. The first-order valence-corrected chi connectivity index (χ1v) is 8.59. The van der Waals surface area contributed by atoms with Gasteiger partial charge in [0.25, 0.3) is 0 Å². The molecule has 1 aromatic heterocycles. The van der Waals surface area contributed by atoms with Crippen LogP contribution in [0.2, 0.25) is 0 Å². The van der Waals surface area contributed by atoms with Crippen molar-refractivity contribution in [2.75, 3.05) is 18.5 Å². The predicted molar refractivity (Wildman–Crippen MR) is 95.2 cm³/mol. The zero-order chi connectivity index (χ0) is 17.7. The number of hydrogen-bond acceptors (Lipinski definition) is 6. The van der Waals surface area contributed by atoms with Crippen LogP contribution in [-0.2, 0) is 9.59 Å². The normalized spacial score (nSPS) is 12.2. The molecule has 4 N–H and O–H groups in total. The van der Waals surface area contributed by atoms with Gasteiger partial charge in [-0.25, -0.2) is 4.98 Å². The summed E-state index contributed by atoms with van der Waals surface area (Å²) in [5, 5.41) is 5.68. The lowest BCUT2D eigenvalue weighted by Gasteiger charge is -2.14. The maximum Gasteiger partial charge on any atom is 0.245 e. The molecule has 24 heavy (non-hydrogen) atoms. The predicted octanol–water partition coefficient (Wildman–Crippen LogP) is 1.73. The van der Waals surface area contributed by atoms with Crippen LogP contribution in [0.4, 0.5) is 5.13 Å². The lowest BCUT2D eigenvalue weighted by atomic mass is 10.1. The van der Waals surface area contributed by atoms with Gasteiger partial charge in [-0.2, -0.15) is 0 Å². The van der Waals surface area contributed by atoms with Crippen LogP contribution in [0.5, 0.6) is 5.75 Å². The summed E-state index contributed by atoms with van der Waals surface area (Å²) in [5.74, 6) is 0.0903. The van der Waals surface area contributed by atoms with E-state index in [1.807, 2.05) is 39.0 Å². The Balaban J connectivity index is 1.94. The fourth-order valence-corrected chi connectivity index (χ4v) is 2.88. The largest absolute Gasteiger partial charge is 0.494 e. The average Bonchev–Trinajstić information content (AvgIpc) is 2.93. The smallest absolute Gasteiger partial charge is 0.245 e. The number of amides is 2. The number of nitrogens with one attached hydrogen (secondary N) is 2. The second-order valence-electron chi connectivity index (χ2n) is 5.62.